The van der Waals surface area contributed by atoms with E-state index in [-0.39, 0.29) is 30.1 Å². The maximum atomic E-state index is 12.7. The van der Waals surface area contributed by atoms with Gasteiger partial charge in [0.1, 0.15) is 0 Å². The normalized spacial score (nSPS) is 20.1. The SMILES string of the molecule is Cc1cc(C)c(N2CC(C(=O)NC(C)(CN)C(C)C)CC2=O)c(C)c1. The highest BCUT2D eigenvalue weighted by Crippen LogP contribution is 2.32. The molecule has 5 heteroatoms. The lowest BCUT2D eigenvalue weighted by Crippen LogP contribution is -2.56. The number of rotatable bonds is 5. The van der Waals surface area contributed by atoms with Gasteiger partial charge in [-0.3, -0.25) is 9.59 Å². The molecule has 2 rings (SSSR count). The Kier molecular flexibility index (Phi) is 5.57. The van der Waals surface area contributed by atoms with Crippen molar-refractivity contribution in [2.24, 2.45) is 17.6 Å². The largest absolute Gasteiger partial charge is 0.349 e. The fourth-order valence-corrected chi connectivity index (χ4v) is 3.51. The predicted molar refractivity (Wildman–Crippen MR) is 102 cm³/mol. The molecular weight excluding hydrogens is 314 g/mol. The number of carbonyl (C=O) groups is 2. The van der Waals surface area contributed by atoms with Gasteiger partial charge in [-0.25, -0.2) is 0 Å². The van der Waals surface area contributed by atoms with Crippen molar-refractivity contribution in [1.29, 1.82) is 0 Å². The average Bonchev–Trinajstić information content (AvgIpc) is 2.88. The van der Waals surface area contributed by atoms with E-state index in [0.29, 0.717) is 13.1 Å². The van der Waals surface area contributed by atoms with E-state index in [1.807, 2.05) is 41.5 Å². The number of anilines is 1. The molecule has 1 aromatic rings. The number of nitrogens with one attached hydrogen (secondary N) is 1. The summed E-state index contributed by atoms with van der Waals surface area (Å²) in [5.74, 6) is -0.192. The molecule has 0 radical (unpaired) electrons. The highest BCUT2D eigenvalue weighted by Gasteiger charge is 2.39. The monoisotopic (exact) mass is 345 g/mol. The van der Waals surface area contributed by atoms with E-state index in [1.54, 1.807) is 4.90 Å². The van der Waals surface area contributed by atoms with Crippen LogP contribution in [0.1, 0.15) is 43.9 Å². The van der Waals surface area contributed by atoms with Crippen LogP contribution in [-0.2, 0) is 9.59 Å². The lowest BCUT2D eigenvalue weighted by atomic mass is 9.87. The van der Waals surface area contributed by atoms with Gasteiger partial charge in [-0.2, -0.15) is 0 Å². The lowest BCUT2D eigenvalue weighted by molar-refractivity contribution is -0.128. The van der Waals surface area contributed by atoms with Crippen LogP contribution in [0.25, 0.3) is 0 Å². The molecule has 1 aromatic carbocycles. The van der Waals surface area contributed by atoms with Crippen LogP contribution < -0.4 is 16.0 Å². The summed E-state index contributed by atoms with van der Waals surface area (Å²) in [7, 11) is 0. The van der Waals surface area contributed by atoms with Crippen molar-refractivity contribution < 1.29 is 9.59 Å². The van der Waals surface area contributed by atoms with Crippen LogP contribution in [0, 0.1) is 32.6 Å². The molecule has 0 bridgehead atoms. The van der Waals surface area contributed by atoms with Crippen LogP contribution >= 0.6 is 0 Å². The molecule has 1 heterocycles. The first-order valence-corrected chi connectivity index (χ1v) is 8.99. The van der Waals surface area contributed by atoms with Gasteiger partial charge >= 0.3 is 0 Å². The van der Waals surface area contributed by atoms with Crippen LogP contribution in [0.5, 0.6) is 0 Å². The predicted octanol–water partition coefficient (Wildman–Crippen LogP) is 2.45. The maximum absolute atomic E-state index is 12.7. The number of nitrogens with zero attached hydrogens (tertiary/aromatic N) is 1. The van der Waals surface area contributed by atoms with Crippen molar-refractivity contribution in [3.05, 3.63) is 28.8 Å². The highest BCUT2D eigenvalue weighted by molar-refractivity contribution is 6.01. The summed E-state index contributed by atoms with van der Waals surface area (Å²) < 4.78 is 0. The van der Waals surface area contributed by atoms with Crippen LogP contribution in [0.3, 0.4) is 0 Å². The maximum Gasteiger partial charge on any atom is 0.227 e. The van der Waals surface area contributed by atoms with E-state index in [2.05, 4.69) is 17.4 Å². The Balaban J connectivity index is 2.19. The van der Waals surface area contributed by atoms with Crippen molar-refractivity contribution in [3.63, 3.8) is 0 Å². The van der Waals surface area contributed by atoms with Gasteiger partial charge in [0.05, 0.1) is 11.5 Å². The summed E-state index contributed by atoms with van der Waals surface area (Å²) in [6.07, 6.45) is 0.247. The van der Waals surface area contributed by atoms with Gasteiger partial charge in [0.2, 0.25) is 11.8 Å². The number of nitrogens with two attached hydrogens (primary N) is 1. The number of benzene rings is 1. The van der Waals surface area contributed by atoms with Crippen molar-refractivity contribution in [1.82, 2.24) is 5.32 Å². The van der Waals surface area contributed by atoms with Crippen molar-refractivity contribution in [3.8, 4) is 0 Å². The van der Waals surface area contributed by atoms with Crippen LogP contribution in [0.2, 0.25) is 0 Å². The molecule has 5 nitrogen and oxygen atoms in total. The minimum atomic E-state index is -0.455. The zero-order chi connectivity index (χ0) is 18.9. The summed E-state index contributed by atoms with van der Waals surface area (Å²) >= 11 is 0. The molecule has 25 heavy (non-hydrogen) atoms. The van der Waals surface area contributed by atoms with Crippen molar-refractivity contribution in [2.45, 2.75) is 53.5 Å². The third-order valence-electron chi connectivity index (χ3n) is 5.51. The molecule has 2 amide bonds. The molecule has 138 valence electrons. The van der Waals surface area contributed by atoms with E-state index in [9.17, 15) is 9.59 Å². The Labute approximate surface area is 151 Å². The summed E-state index contributed by atoms with van der Waals surface area (Å²) in [6.45, 7) is 12.9. The van der Waals surface area contributed by atoms with Gasteiger partial charge in [-0.05, 0) is 44.7 Å². The van der Waals surface area contributed by atoms with Crippen molar-refractivity contribution >= 4 is 17.5 Å². The molecule has 1 fully saturated rings. The quantitative estimate of drug-likeness (QED) is 0.861. The number of hydrogen-bond acceptors (Lipinski definition) is 3. The van der Waals surface area contributed by atoms with Crippen LogP contribution in [0.15, 0.2) is 12.1 Å². The molecule has 0 spiro atoms. The zero-order valence-corrected chi connectivity index (χ0v) is 16.3. The van der Waals surface area contributed by atoms with Gasteiger partial charge in [0, 0.05) is 25.2 Å². The third kappa shape index (κ3) is 3.87. The van der Waals surface area contributed by atoms with Gasteiger partial charge < -0.3 is 16.0 Å². The van der Waals surface area contributed by atoms with Gasteiger partial charge in [-0.15, -0.1) is 0 Å². The molecule has 1 aliphatic rings. The molecule has 3 N–H and O–H groups in total. The van der Waals surface area contributed by atoms with Crippen LogP contribution in [0.4, 0.5) is 5.69 Å². The van der Waals surface area contributed by atoms with E-state index in [1.165, 1.54) is 5.56 Å². The third-order valence-corrected chi connectivity index (χ3v) is 5.51. The average molecular weight is 345 g/mol. The number of amides is 2. The Bertz CT molecular complexity index is 661. The highest BCUT2D eigenvalue weighted by atomic mass is 16.2. The Morgan fingerprint density at radius 1 is 1.32 bits per heavy atom. The summed E-state index contributed by atoms with van der Waals surface area (Å²) in [5, 5.41) is 3.07. The zero-order valence-electron chi connectivity index (χ0n) is 16.3. The number of hydrogen-bond donors (Lipinski definition) is 2. The van der Waals surface area contributed by atoms with E-state index < -0.39 is 5.54 Å². The first kappa shape index (κ1) is 19.4. The smallest absolute Gasteiger partial charge is 0.227 e. The van der Waals surface area contributed by atoms with Crippen molar-refractivity contribution in [2.75, 3.05) is 18.0 Å². The molecule has 1 saturated heterocycles. The fourth-order valence-electron chi connectivity index (χ4n) is 3.51. The molecule has 0 aromatic heterocycles. The van der Waals surface area contributed by atoms with Crippen LogP contribution in [-0.4, -0.2) is 30.4 Å². The van der Waals surface area contributed by atoms with Gasteiger partial charge in [0.25, 0.3) is 0 Å². The minimum Gasteiger partial charge on any atom is -0.349 e. The first-order chi connectivity index (χ1) is 11.6. The van der Waals surface area contributed by atoms with E-state index in [0.717, 1.165) is 16.8 Å². The Morgan fingerprint density at radius 3 is 2.36 bits per heavy atom. The summed E-state index contributed by atoms with van der Waals surface area (Å²) in [4.78, 5) is 27.1. The second kappa shape index (κ2) is 7.16. The first-order valence-electron chi connectivity index (χ1n) is 8.99. The molecule has 2 unspecified atom stereocenters. The number of aryl methyl sites for hydroxylation is 3. The fraction of sp³-hybridized carbons (Fsp3) is 0.600. The molecule has 0 saturated carbocycles. The molecule has 2 atom stereocenters. The number of carbonyl (C=O) groups excluding carboxylic acids is 2. The van der Waals surface area contributed by atoms with Gasteiger partial charge in [0.15, 0.2) is 0 Å². The summed E-state index contributed by atoms with van der Waals surface area (Å²) in [5.41, 5.74) is 9.67. The van der Waals surface area contributed by atoms with E-state index in [4.69, 9.17) is 5.73 Å². The topological polar surface area (TPSA) is 75.4 Å². The lowest BCUT2D eigenvalue weighted by Gasteiger charge is -2.34. The van der Waals surface area contributed by atoms with E-state index >= 15 is 0 Å². The standard InChI is InChI=1S/C20H31N3O2/c1-12(2)20(6,11-21)22-19(25)16-9-17(24)23(10-16)18-14(4)7-13(3)8-15(18)5/h7-8,12,16H,9-11,21H2,1-6H3,(H,22,25). The Morgan fingerprint density at radius 2 is 1.88 bits per heavy atom. The molecular formula is C20H31N3O2. The van der Waals surface area contributed by atoms with Gasteiger partial charge in [-0.1, -0.05) is 31.5 Å². The summed E-state index contributed by atoms with van der Waals surface area (Å²) in [6, 6.07) is 4.15. The molecule has 0 aliphatic carbocycles. The molecule has 1 aliphatic heterocycles. The minimum absolute atomic E-state index is 0.00852. The second-order valence-electron chi connectivity index (χ2n) is 7.92. The second-order valence-corrected chi connectivity index (χ2v) is 7.92. The Hall–Kier alpha value is -1.88.